The van der Waals surface area contributed by atoms with Gasteiger partial charge in [-0.1, -0.05) is 6.07 Å². The molecule has 1 aliphatic heterocycles. The Labute approximate surface area is 206 Å². The number of pyridine rings is 1. The average molecular weight is 504 g/mol. The molecule has 2 heterocycles. The summed E-state index contributed by atoms with van der Waals surface area (Å²) >= 11 is 0. The van der Waals surface area contributed by atoms with E-state index in [9.17, 15) is 23.2 Å². The van der Waals surface area contributed by atoms with E-state index >= 15 is 0 Å². The summed E-state index contributed by atoms with van der Waals surface area (Å²) in [4.78, 5) is 42.0. The van der Waals surface area contributed by atoms with Crippen molar-refractivity contribution in [2.24, 2.45) is 5.92 Å². The number of halogens is 2. The zero-order chi connectivity index (χ0) is 25.8. The number of hydrogen-bond donors (Lipinski definition) is 2. The normalized spacial score (nSPS) is 19.3. The number of rotatable bonds is 10. The number of hydrogen-bond acceptors (Lipinski definition) is 6. The summed E-state index contributed by atoms with van der Waals surface area (Å²) in [6, 6.07) is 6.69. The number of nitrogens with one attached hydrogen (secondary N) is 1. The SMILES string of the molecule is CC(=O)N1CC(c2ccc(OC(F)F)c(OCC3CC3)c2)C[C@@H]1C(=O)NCc1cc(C(=O)O)ccn1. The Morgan fingerprint density at radius 2 is 1.97 bits per heavy atom. The number of amides is 2. The van der Waals surface area contributed by atoms with E-state index in [0.717, 1.165) is 18.4 Å². The van der Waals surface area contributed by atoms with E-state index in [1.807, 2.05) is 0 Å². The first-order chi connectivity index (χ1) is 17.2. The summed E-state index contributed by atoms with van der Waals surface area (Å²) in [6.07, 6.45) is 3.75. The molecule has 1 saturated heterocycles. The molecule has 1 aromatic heterocycles. The van der Waals surface area contributed by atoms with E-state index < -0.39 is 24.5 Å². The van der Waals surface area contributed by atoms with Gasteiger partial charge in [0.15, 0.2) is 11.5 Å². The third-order valence-electron chi connectivity index (χ3n) is 6.34. The Bertz CT molecular complexity index is 1140. The number of carboxylic acid groups (broad SMARTS) is 1. The van der Waals surface area contributed by atoms with Crippen LogP contribution in [0.1, 0.15) is 53.7 Å². The highest BCUT2D eigenvalue weighted by Crippen LogP contribution is 2.39. The highest BCUT2D eigenvalue weighted by molar-refractivity contribution is 5.88. The van der Waals surface area contributed by atoms with Crippen LogP contribution in [-0.2, 0) is 16.1 Å². The van der Waals surface area contributed by atoms with Gasteiger partial charge in [-0.25, -0.2) is 4.79 Å². The molecule has 1 saturated carbocycles. The second kappa shape index (κ2) is 10.9. The third kappa shape index (κ3) is 6.27. The van der Waals surface area contributed by atoms with Crippen LogP contribution in [0.5, 0.6) is 11.5 Å². The van der Waals surface area contributed by atoms with E-state index in [2.05, 4.69) is 15.0 Å². The molecular weight excluding hydrogens is 476 g/mol. The molecule has 2 aliphatic rings. The fourth-order valence-electron chi connectivity index (χ4n) is 4.25. The first-order valence-corrected chi connectivity index (χ1v) is 11.7. The maximum atomic E-state index is 13.0. The Morgan fingerprint density at radius 1 is 1.19 bits per heavy atom. The van der Waals surface area contributed by atoms with Gasteiger partial charge in [0.05, 0.1) is 24.4 Å². The number of aromatic nitrogens is 1. The molecule has 2 atom stereocenters. The molecular formula is C25H27F2N3O6. The second-order valence-electron chi connectivity index (χ2n) is 9.02. The summed E-state index contributed by atoms with van der Waals surface area (Å²) in [7, 11) is 0. The Balaban J connectivity index is 1.47. The first-order valence-electron chi connectivity index (χ1n) is 11.7. The van der Waals surface area contributed by atoms with Crippen LogP contribution in [0.4, 0.5) is 8.78 Å². The Hall–Kier alpha value is -3.76. The molecule has 0 bridgehead atoms. The predicted molar refractivity (Wildman–Crippen MR) is 123 cm³/mol. The number of likely N-dealkylation sites (tertiary alicyclic amines) is 1. The number of ether oxygens (including phenoxy) is 2. The number of aromatic carboxylic acids is 1. The van der Waals surface area contributed by atoms with Crippen molar-refractivity contribution in [3.8, 4) is 11.5 Å². The lowest BCUT2D eigenvalue weighted by Crippen LogP contribution is -2.45. The van der Waals surface area contributed by atoms with Crippen LogP contribution in [0, 0.1) is 5.92 Å². The predicted octanol–water partition coefficient (Wildman–Crippen LogP) is 3.19. The highest BCUT2D eigenvalue weighted by atomic mass is 19.3. The smallest absolute Gasteiger partial charge is 0.387 e. The van der Waals surface area contributed by atoms with Gasteiger partial charge < -0.3 is 24.8 Å². The molecule has 4 rings (SSSR count). The number of benzene rings is 1. The van der Waals surface area contributed by atoms with Gasteiger partial charge in [0.25, 0.3) is 0 Å². The van der Waals surface area contributed by atoms with E-state index in [0.29, 0.717) is 24.6 Å². The molecule has 1 unspecified atom stereocenters. The number of carbonyl (C=O) groups excluding carboxylic acids is 2. The van der Waals surface area contributed by atoms with E-state index in [1.165, 1.54) is 36.2 Å². The molecule has 9 nitrogen and oxygen atoms in total. The monoisotopic (exact) mass is 503 g/mol. The molecule has 1 aromatic carbocycles. The summed E-state index contributed by atoms with van der Waals surface area (Å²) in [5, 5.41) is 11.9. The van der Waals surface area contributed by atoms with Gasteiger partial charge in [0.2, 0.25) is 11.8 Å². The largest absolute Gasteiger partial charge is 0.489 e. The van der Waals surface area contributed by atoms with E-state index in [4.69, 9.17) is 9.84 Å². The topological polar surface area (TPSA) is 118 Å². The van der Waals surface area contributed by atoms with Crippen molar-refractivity contribution in [2.75, 3.05) is 13.2 Å². The molecule has 2 N–H and O–H groups in total. The number of carbonyl (C=O) groups is 3. The lowest BCUT2D eigenvalue weighted by molar-refractivity contribution is -0.136. The molecule has 0 spiro atoms. The maximum absolute atomic E-state index is 13.0. The van der Waals surface area contributed by atoms with Crippen LogP contribution in [0.3, 0.4) is 0 Å². The third-order valence-corrected chi connectivity index (χ3v) is 6.34. The van der Waals surface area contributed by atoms with Crippen LogP contribution < -0.4 is 14.8 Å². The number of alkyl halides is 2. The minimum Gasteiger partial charge on any atom is -0.489 e. The summed E-state index contributed by atoms with van der Waals surface area (Å²) in [5.74, 6) is -1.41. The molecule has 11 heteroatoms. The van der Waals surface area contributed by atoms with Crippen LogP contribution >= 0.6 is 0 Å². The van der Waals surface area contributed by atoms with Crippen LogP contribution in [-0.4, -0.2) is 58.6 Å². The molecule has 1 aliphatic carbocycles. The number of carboxylic acids is 1. The molecule has 192 valence electrons. The Morgan fingerprint density at radius 3 is 2.64 bits per heavy atom. The maximum Gasteiger partial charge on any atom is 0.387 e. The van der Waals surface area contributed by atoms with Crippen molar-refractivity contribution >= 4 is 17.8 Å². The lowest BCUT2D eigenvalue weighted by Gasteiger charge is -2.22. The summed E-state index contributed by atoms with van der Waals surface area (Å²) < 4.78 is 36.1. The fourth-order valence-corrected chi connectivity index (χ4v) is 4.25. The van der Waals surface area contributed by atoms with E-state index in [1.54, 1.807) is 12.1 Å². The van der Waals surface area contributed by atoms with Gasteiger partial charge in [0.1, 0.15) is 6.04 Å². The van der Waals surface area contributed by atoms with Crippen LogP contribution in [0.15, 0.2) is 36.5 Å². The lowest BCUT2D eigenvalue weighted by atomic mass is 9.95. The van der Waals surface area contributed by atoms with Crippen molar-refractivity contribution < 1.29 is 37.7 Å². The highest BCUT2D eigenvalue weighted by Gasteiger charge is 2.39. The number of nitrogens with zero attached hydrogens (tertiary/aromatic N) is 2. The molecule has 2 fully saturated rings. The van der Waals surface area contributed by atoms with Crippen molar-refractivity contribution in [3.63, 3.8) is 0 Å². The summed E-state index contributed by atoms with van der Waals surface area (Å²) in [5.41, 5.74) is 1.18. The van der Waals surface area contributed by atoms with Gasteiger partial charge in [-0.15, -0.1) is 0 Å². The molecule has 2 aromatic rings. The standard InChI is InChI=1S/C25H27F2N3O6/c1-14(31)30-12-18(9-20(30)23(32)29-11-19-8-17(24(33)34)6-7-28-19)16-4-5-21(36-25(26)27)22(10-16)35-13-15-2-3-15/h4-8,10,15,18,20,25H,2-3,9,11-13H2,1H3,(H,29,32)(H,33,34)/t18?,20-/m1/s1. The van der Waals surface area contributed by atoms with E-state index in [-0.39, 0.29) is 42.0 Å². The van der Waals surface area contributed by atoms with Gasteiger partial charge in [-0.05, 0) is 55.0 Å². The zero-order valence-corrected chi connectivity index (χ0v) is 19.7. The molecule has 2 amide bonds. The average Bonchev–Trinajstić information content (AvgIpc) is 3.56. The quantitative estimate of drug-likeness (QED) is 0.511. The molecule has 0 radical (unpaired) electrons. The van der Waals surface area contributed by atoms with Gasteiger partial charge >= 0.3 is 12.6 Å². The van der Waals surface area contributed by atoms with Crippen molar-refractivity contribution in [3.05, 3.63) is 53.3 Å². The van der Waals surface area contributed by atoms with Crippen LogP contribution in [0.2, 0.25) is 0 Å². The van der Waals surface area contributed by atoms with Gasteiger partial charge in [-0.3, -0.25) is 14.6 Å². The Kier molecular flexibility index (Phi) is 7.66. The minimum absolute atomic E-state index is 0.00564. The summed E-state index contributed by atoms with van der Waals surface area (Å²) in [6.45, 7) is -0.916. The zero-order valence-electron chi connectivity index (χ0n) is 19.7. The minimum atomic E-state index is -2.99. The van der Waals surface area contributed by atoms with Crippen molar-refractivity contribution in [2.45, 2.75) is 51.3 Å². The van der Waals surface area contributed by atoms with Crippen molar-refractivity contribution in [1.29, 1.82) is 0 Å². The fraction of sp³-hybridized carbons (Fsp3) is 0.440. The van der Waals surface area contributed by atoms with Crippen LogP contribution in [0.25, 0.3) is 0 Å². The first kappa shape index (κ1) is 25.3. The second-order valence-corrected chi connectivity index (χ2v) is 9.02. The molecule has 36 heavy (non-hydrogen) atoms. The van der Waals surface area contributed by atoms with Crippen molar-refractivity contribution in [1.82, 2.24) is 15.2 Å². The van der Waals surface area contributed by atoms with Gasteiger partial charge in [-0.2, -0.15) is 8.78 Å². The van der Waals surface area contributed by atoms with Gasteiger partial charge in [0, 0.05) is 25.6 Å².